The maximum Gasteiger partial charge on any atom is 0.416 e. The summed E-state index contributed by atoms with van der Waals surface area (Å²) >= 11 is 3.51. The largest absolute Gasteiger partial charge is 0.447 e. The number of nitrogens with zero attached hydrogens (tertiary/aromatic N) is 2. The van der Waals surface area contributed by atoms with E-state index in [4.69, 9.17) is 9.47 Å². The second-order valence-corrected chi connectivity index (χ2v) is 11.5. The number of amides is 3. The van der Waals surface area contributed by atoms with Crippen molar-refractivity contribution in [2.75, 3.05) is 19.7 Å². The number of cyclic esters (lactones) is 1. The number of carbonyl (C=O) groups excluding carboxylic acids is 3. The molecule has 2 aliphatic heterocycles. The molecule has 0 radical (unpaired) electrons. The molecule has 3 amide bonds. The Labute approximate surface area is 220 Å². The molecular weight excluding hydrogens is 524 g/mol. The molecule has 0 aromatic heterocycles. The molecule has 4 rings (SSSR count). The van der Waals surface area contributed by atoms with Crippen molar-refractivity contribution in [3.8, 4) is 0 Å². The third kappa shape index (κ3) is 6.46. The lowest BCUT2D eigenvalue weighted by molar-refractivity contribution is -0.135. The standard InChI is InChI=1S/C28H33BrN2O5/c1-28(2,3)36-26(33)30-13-12-21(17-30)24(16-20-10-7-11-22(29)14-20)25(32)31-23(18-35-27(31)34)15-19-8-5-4-6-9-19/h4-11,14,21,23-24H,12-13,15-18H2,1-3H3. The molecular formula is C28H33BrN2O5. The van der Waals surface area contributed by atoms with Crippen LogP contribution in [0, 0.1) is 11.8 Å². The molecule has 192 valence electrons. The molecule has 2 aromatic carbocycles. The van der Waals surface area contributed by atoms with Gasteiger partial charge in [0.25, 0.3) is 0 Å². The summed E-state index contributed by atoms with van der Waals surface area (Å²) in [6, 6.07) is 17.3. The van der Waals surface area contributed by atoms with Gasteiger partial charge in [-0.25, -0.2) is 14.5 Å². The number of hydrogen-bond donors (Lipinski definition) is 0. The van der Waals surface area contributed by atoms with Gasteiger partial charge >= 0.3 is 12.2 Å². The average Bonchev–Trinajstić information content (AvgIpc) is 3.44. The van der Waals surface area contributed by atoms with Gasteiger partial charge in [0.05, 0.1) is 6.04 Å². The number of carbonyl (C=O) groups is 3. The van der Waals surface area contributed by atoms with Crippen molar-refractivity contribution >= 4 is 34.0 Å². The Bertz CT molecular complexity index is 1100. The second kappa shape index (κ2) is 11.0. The lowest BCUT2D eigenvalue weighted by Crippen LogP contribution is -2.46. The molecule has 7 nitrogen and oxygen atoms in total. The lowest BCUT2D eigenvalue weighted by atomic mass is 9.84. The molecule has 2 aliphatic rings. The van der Waals surface area contributed by atoms with E-state index in [1.165, 1.54) is 4.90 Å². The first kappa shape index (κ1) is 26.2. The van der Waals surface area contributed by atoms with Gasteiger partial charge in [0.1, 0.15) is 12.2 Å². The number of halogens is 1. The Balaban J connectivity index is 1.56. The summed E-state index contributed by atoms with van der Waals surface area (Å²) < 4.78 is 11.8. The number of benzene rings is 2. The zero-order valence-electron chi connectivity index (χ0n) is 21.0. The highest BCUT2D eigenvalue weighted by molar-refractivity contribution is 9.10. The van der Waals surface area contributed by atoms with Crippen LogP contribution in [0.5, 0.6) is 0 Å². The van der Waals surface area contributed by atoms with Gasteiger partial charge < -0.3 is 14.4 Å². The first-order chi connectivity index (χ1) is 17.1. The van der Waals surface area contributed by atoms with E-state index >= 15 is 0 Å². The van der Waals surface area contributed by atoms with Crippen LogP contribution in [0.2, 0.25) is 0 Å². The number of hydrogen-bond acceptors (Lipinski definition) is 5. The maximum absolute atomic E-state index is 14.0. The lowest BCUT2D eigenvalue weighted by Gasteiger charge is -2.29. The van der Waals surface area contributed by atoms with Crippen molar-refractivity contribution in [2.24, 2.45) is 11.8 Å². The van der Waals surface area contributed by atoms with Gasteiger partial charge in [-0.05, 0) is 69.2 Å². The summed E-state index contributed by atoms with van der Waals surface area (Å²) in [6.45, 7) is 6.61. The summed E-state index contributed by atoms with van der Waals surface area (Å²) in [6.07, 6.45) is 0.697. The predicted octanol–water partition coefficient (Wildman–Crippen LogP) is 5.45. The van der Waals surface area contributed by atoms with Crippen molar-refractivity contribution in [2.45, 2.75) is 51.7 Å². The minimum Gasteiger partial charge on any atom is -0.447 e. The number of rotatable bonds is 6. The molecule has 0 bridgehead atoms. The Kier molecular flexibility index (Phi) is 8.03. The highest BCUT2D eigenvalue weighted by atomic mass is 79.9. The van der Waals surface area contributed by atoms with Gasteiger partial charge in [0, 0.05) is 23.5 Å². The molecule has 0 aliphatic carbocycles. The fourth-order valence-corrected chi connectivity index (χ4v) is 5.37. The third-order valence-electron chi connectivity index (χ3n) is 6.62. The zero-order chi connectivity index (χ0) is 25.9. The zero-order valence-corrected chi connectivity index (χ0v) is 22.6. The van der Waals surface area contributed by atoms with Crippen molar-refractivity contribution in [3.05, 3.63) is 70.2 Å². The third-order valence-corrected chi connectivity index (χ3v) is 7.11. The van der Waals surface area contributed by atoms with Gasteiger partial charge in [0.15, 0.2) is 0 Å². The molecule has 0 N–H and O–H groups in total. The smallest absolute Gasteiger partial charge is 0.416 e. The second-order valence-electron chi connectivity index (χ2n) is 10.5. The SMILES string of the molecule is CC(C)(C)OC(=O)N1CCC(C(Cc2cccc(Br)c2)C(=O)N2C(=O)OCC2Cc2ccccc2)C1. The van der Waals surface area contributed by atoms with E-state index in [1.54, 1.807) is 4.90 Å². The summed E-state index contributed by atoms with van der Waals surface area (Å²) in [4.78, 5) is 42.5. The van der Waals surface area contributed by atoms with Gasteiger partial charge in [0.2, 0.25) is 5.91 Å². The Morgan fingerprint density at radius 2 is 1.83 bits per heavy atom. The number of likely N-dealkylation sites (tertiary alicyclic amines) is 1. The van der Waals surface area contributed by atoms with E-state index < -0.39 is 17.6 Å². The maximum atomic E-state index is 14.0. The van der Waals surface area contributed by atoms with Gasteiger partial charge in [-0.2, -0.15) is 0 Å². The van der Waals surface area contributed by atoms with Crippen LogP contribution in [0.25, 0.3) is 0 Å². The monoisotopic (exact) mass is 556 g/mol. The molecule has 2 fully saturated rings. The Hall–Kier alpha value is -2.87. The van der Waals surface area contributed by atoms with Gasteiger partial charge in [-0.1, -0.05) is 58.4 Å². The van der Waals surface area contributed by atoms with Crippen LogP contribution in [0.1, 0.15) is 38.3 Å². The van der Waals surface area contributed by atoms with Crippen LogP contribution in [0.15, 0.2) is 59.1 Å². The van der Waals surface area contributed by atoms with E-state index in [0.29, 0.717) is 32.4 Å². The van der Waals surface area contributed by atoms with Crippen LogP contribution in [0.3, 0.4) is 0 Å². The predicted molar refractivity (Wildman–Crippen MR) is 139 cm³/mol. The van der Waals surface area contributed by atoms with E-state index in [2.05, 4.69) is 15.9 Å². The minimum absolute atomic E-state index is 0.102. The molecule has 36 heavy (non-hydrogen) atoms. The molecule has 2 aromatic rings. The van der Waals surface area contributed by atoms with Crippen molar-refractivity contribution in [3.63, 3.8) is 0 Å². The van der Waals surface area contributed by atoms with Crippen molar-refractivity contribution in [1.29, 1.82) is 0 Å². The van der Waals surface area contributed by atoms with E-state index in [1.807, 2.05) is 75.4 Å². The summed E-state index contributed by atoms with van der Waals surface area (Å²) in [5, 5.41) is 0. The quantitative estimate of drug-likeness (QED) is 0.472. The van der Waals surface area contributed by atoms with Crippen LogP contribution in [-0.2, 0) is 27.1 Å². The Morgan fingerprint density at radius 3 is 2.53 bits per heavy atom. The molecule has 2 heterocycles. The molecule has 3 atom stereocenters. The highest BCUT2D eigenvalue weighted by Crippen LogP contribution is 2.32. The van der Waals surface area contributed by atoms with Crippen molar-refractivity contribution in [1.82, 2.24) is 9.80 Å². The van der Waals surface area contributed by atoms with Crippen LogP contribution in [-0.4, -0.2) is 59.2 Å². The number of ether oxygens (including phenoxy) is 2. The van der Waals surface area contributed by atoms with Crippen LogP contribution >= 0.6 is 15.9 Å². The molecule has 3 unspecified atom stereocenters. The summed E-state index contributed by atoms with van der Waals surface area (Å²) in [7, 11) is 0. The topological polar surface area (TPSA) is 76.2 Å². The first-order valence-corrected chi connectivity index (χ1v) is 13.2. The van der Waals surface area contributed by atoms with Gasteiger partial charge in [-0.3, -0.25) is 4.79 Å². The van der Waals surface area contributed by atoms with Gasteiger partial charge in [-0.15, -0.1) is 0 Å². The molecule has 0 spiro atoms. The fraction of sp³-hybridized carbons (Fsp3) is 0.464. The molecule has 2 saturated heterocycles. The molecule has 0 saturated carbocycles. The highest BCUT2D eigenvalue weighted by Gasteiger charge is 2.45. The Morgan fingerprint density at radius 1 is 1.11 bits per heavy atom. The minimum atomic E-state index is -0.595. The molecule has 8 heteroatoms. The average molecular weight is 557 g/mol. The normalized spacial score (nSPS) is 20.8. The van der Waals surface area contributed by atoms with Crippen LogP contribution in [0.4, 0.5) is 9.59 Å². The fourth-order valence-electron chi connectivity index (χ4n) is 4.93. The van der Waals surface area contributed by atoms with E-state index in [0.717, 1.165) is 15.6 Å². The van der Waals surface area contributed by atoms with E-state index in [9.17, 15) is 14.4 Å². The van der Waals surface area contributed by atoms with Crippen LogP contribution < -0.4 is 0 Å². The van der Waals surface area contributed by atoms with Crippen molar-refractivity contribution < 1.29 is 23.9 Å². The first-order valence-electron chi connectivity index (χ1n) is 12.4. The van der Waals surface area contributed by atoms with E-state index in [-0.39, 0.29) is 30.6 Å². The summed E-state index contributed by atoms with van der Waals surface area (Å²) in [5.74, 6) is -0.820. The number of imide groups is 1. The summed E-state index contributed by atoms with van der Waals surface area (Å²) in [5.41, 5.74) is 1.44.